The smallest absolute Gasteiger partial charge is 0.223 e. The second kappa shape index (κ2) is 10.9. The third kappa shape index (κ3) is 6.08. The number of carbonyl (C=O) groups is 2. The molecule has 2 amide bonds. The molecule has 5 rings (SSSR count). The van der Waals surface area contributed by atoms with E-state index in [1.54, 1.807) is 6.26 Å². The van der Waals surface area contributed by atoms with Gasteiger partial charge in [0.05, 0.1) is 12.9 Å². The van der Waals surface area contributed by atoms with E-state index in [1.165, 1.54) is 12.5 Å². The van der Waals surface area contributed by atoms with E-state index in [-0.39, 0.29) is 17.7 Å². The fourth-order valence-corrected chi connectivity index (χ4v) is 4.39. The van der Waals surface area contributed by atoms with Gasteiger partial charge in [0.1, 0.15) is 23.7 Å². The van der Waals surface area contributed by atoms with Crippen molar-refractivity contribution in [1.29, 1.82) is 0 Å². The maximum absolute atomic E-state index is 11.9. The maximum Gasteiger partial charge on any atom is 0.223 e. The largest absolute Gasteiger partial charge is 0.494 e. The highest BCUT2D eigenvalue weighted by Gasteiger charge is 2.29. The highest BCUT2D eigenvalue weighted by molar-refractivity contribution is 5.82. The van der Waals surface area contributed by atoms with Crippen molar-refractivity contribution in [2.75, 3.05) is 26.3 Å². The van der Waals surface area contributed by atoms with E-state index in [0.717, 1.165) is 71.3 Å². The molecule has 0 unspecified atom stereocenters. The van der Waals surface area contributed by atoms with Crippen molar-refractivity contribution >= 4 is 28.9 Å². The second-order valence-electron chi connectivity index (χ2n) is 9.56. The van der Waals surface area contributed by atoms with Gasteiger partial charge in [-0.15, -0.1) is 0 Å². The van der Waals surface area contributed by atoms with Crippen molar-refractivity contribution in [3.63, 3.8) is 0 Å². The molecule has 7 nitrogen and oxygen atoms in total. The van der Waals surface area contributed by atoms with Gasteiger partial charge in [0, 0.05) is 36.9 Å². The summed E-state index contributed by atoms with van der Waals surface area (Å²) >= 11 is 0. The number of benzene rings is 2. The zero-order valence-electron chi connectivity index (χ0n) is 20.6. The lowest BCUT2D eigenvalue weighted by molar-refractivity contribution is -0.122. The van der Waals surface area contributed by atoms with Crippen LogP contribution in [0.1, 0.15) is 42.9 Å². The average Bonchev–Trinajstić information content (AvgIpc) is 3.66. The molecular formula is C29H32N2O5. The Labute approximate surface area is 210 Å². The number of ether oxygens (including phenoxy) is 2. The van der Waals surface area contributed by atoms with Gasteiger partial charge in [-0.3, -0.25) is 9.59 Å². The molecule has 2 N–H and O–H groups in total. The van der Waals surface area contributed by atoms with Crippen molar-refractivity contribution in [1.82, 2.24) is 10.6 Å². The van der Waals surface area contributed by atoms with Crippen LogP contribution >= 0.6 is 0 Å². The number of amides is 2. The van der Waals surface area contributed by atoms with Crippen molar-refractivity contribution in [3.05, 3.63) is 64.9 Å². The highest BCUT2D eigenvalue weighted by atomic mass is 16.5. The van der Waals surface area contributed by atoms with Crippen LogP contribution in [0.25, 0.3) is 17.0 Å². The lowest BCUT2D eigenvalue weighted by Crippen LogP contribution is -2.26. The van der Waals surface area contributed by atoms with Gasteiger partial charge in [0.15, 0.2) is 0 Å². The molecule has 0 saturated heterocycles. The minimum atomic E-state index is -0.0562. The molecule has 0 atom stereocenters. The van der Waals surface area contributed by atoms with Crippen LogP contribution < -0.4 is 20.1 Å². The first kappa shape index (κ1) is 24.0. The fraction of sp³-hybridized carbons (Fsp3) is 0.379. The van der Waals surface area contributed by atoms with Crippen molar-refractivity contribution < 1.29 is 23.5 Å². The van der Waals surface area contributed by atoms with Crippen LogP contribution in [0.4, 0.5) is 0 Å². The third-order valence-electron chi connectivity index (χ3n) is 6.56. The van der Waals surface area contributed by atoms with E-state index in [0.29, 0.717) is 26.3 Å². The number of fused-ring (bicyclic) bond motifs is 2. The molecule has 2 heterocycles. The Kier molecular flexibility index (Phi) is 7.26. The van der Waals surface area contributed by atoms with Gasteiger partial charge >= 0.3 is 0 Å². The quantitative estimate of drug-likeness (QED) is 0.390. The van der Waals surface area contributed by atoms with Crippen LogP contribution in [-0.2, 0) is 22.4 Å². The number of nitrogens with one attached hydrogen (secondary N) is 2. The van der Waals surface area contributed by atoms with E-state index < -0.39 is 0 Å². The summed E-state index contributed by atoms with van der Waals surface area (Å²) in [6.45, 7) is 3.71. The highest BCUT2D eigenvalue weighted by Crippen LogP contribution is 2.30. The third-order valence-corrected chi connectivity index (χ3v) is 6.56. The van der Waals surface area contributed by atoms with Gasteiger partial charge in [-0.25, -0.2) is 0 Å². The van der Waals surface area contributed by atoms with Gasteiger partial charge in [-0.05, 0) is 85.2 Å². The number of furan rings is 1. The number of hydrogen-bond donors (Lipinski definition) is 2. The van der Waals surface area contributed by atoms with Crippen LogP contribution in [-0.4, -0.2) is 38.1 Å². The molecule has 1 aromatic heterocycles. The SMILES string of the molecule is CC(=O)NCC1=Cc2cc(OCCCc3ccc4occ(CCNC(=O)C5CC5)c4c3)ccc2OC1. The molecule has 1 aliphatic heterocycles. The van der Waals surface area contributed by atoms with Crippen LogP contribution in [0.2, 0.25) is 0 Å². The molecule has 0 radical (unpaired) electrons. The Bertz CT molecular complexity index is 1290. The van der Waals surface area contributed by atoms with Gasteiger partial charge in [-0.1, -0.05) is 6.07 Å². The van der Waals surface area contributed by atoms with Gasteiger partial charge < -0.3 is 24.5 Å². The molecule has 2 aromatic carbocycles. The van der Waals surface area contributed by atoms with E-state index in [2.05, 4.69) is 28.8 Å². The summed E-state index contributed by atoms with van der Waals surface area (Å²) in [5, 5.41) is 6.95. The molecule has 2 aliphatic rings. The Balaban J connectivity index is 1.12. The molecule has 0 spiro atoms. The maximum atomic E-state index is 11.9. The topological polar surface area (TPSA) is 89.8 Å². The molecular weight excluding hydrogens is 456 g/mol. The molecule has 36 heavy (non-hydrogen) atoms. The first-order chi connectivity index (χ1) is 17.5. The summed E-state index contributed by atoms with van der Waals surface area (Å²) in [5.74, 6) is 1.98. The molecule has 3 aromatic rings. The van der Waals surface area contributed by atoms with Crippen LogP contribution in [0.3, 0.4) is 0 Å². The minimum absolute atomic E-state index is 0.0562. The van der Waals surface area contributed by atoms with Crippen LogP contribution in [0, 0.1) is 5.92 Å². The molecule has 7 heteroatoms. The van der Waals surface area contributed by atoms with Gasteiger partial charge in [0.25, 0.3) is 0 Å². The Morgan fingerprint density at radius 3 is 2.81 bits per heavy atom. The molecule has 0 bridgehead atoms. The fourth-order valence-electron chi connectivity index (χ4n) is 4.39. The second-order valence-corrected chi connectivity index (χ2v) is 9.56. The van der Waals surface area contributed by atoms with E-state index in [1.807, 2.05) is 24.3 Å². The lowest BCUT2D eigenvalue weighted by atomic mass is 10.0. The van der Waals surface area contributed by atoms with Gasteiger partial charge in [-0.2, -0.15) is 0 Å². The average molecular weight is 489 g/mol. The normalized spacial score (nSPS) is 14.5. The predicted molar refractivity (Wildman–Crippen MR) is 138 cm³/mol. The summed E-state index contributed by atoms with van der Waals surface area (Å²) < 4.78 is 17.5. The van der Waals surface area contributed by atoms with E-state index in [4.69, 9.17) is 13.9 Å². The summed E-state index contributed by atoms with van der Waals surface area (Å²) in [5.41, 5.74) is 5.22. The number of hydrogen-bond acceptors (Lipinski definition) is 5. The molecule has 1 aliphatic carbocycles. The molecule has 1 saturated carbocycles. The summed E-state index contributed by atoms with van der Waals surface area (Å²) in [6.07, 6.45) is 8.44. The lowest BCUT2D eigenvalue weighted by Gasteiger charge is -2.19. The predicted octanol–water partition coefficient (Wildman–Crippen LogP) is 4.43. The number of carbonyl (C=O) groups excluding carboxylic acids is 2. The van der Waals surface area contributed by atoms with Crippen LogP contribution in [0.15, 0.2) is 52.7 Å². The van der Waals surface area contributed by atoms with Crippen molar-refractivity contribution in [2.45, 2.75) is 39.0 Å². The van der Waals surface area contributed by atoms with Crippen molar-refractivity contribution in [2.24, 2.45) is 5.92 Å². The Morgan fingerprint density at radius 1 is 1.08 bits per heavy atom. The number of rotatable bonds is 11. The van der Waals surface area contributed by atoms with E-state index >= 15 is 0 Å². The summed E-state index contributed by atoms with van der Waals surface area (Å²) in [7, 11) is 0. The van der Waals surface area contributed by atoms with Gasteiger partial charge in [0.2, 0.25) is 11.8 Å². The standard InChI is InChI=1S/C29H32N2O5/c1-19(32)31-16-21-13-24-15-25(7-9-27(24)35-17-21)34-12-2-3-20-4-8-28-26(14-20)23(18-36-28)10-11-30-29(33)22-5-6-22/h4,7-9,13-15,18,22H,2-3,5-6,10-12,16-17H2,1H3,(H,30,33)(H,31,32). The first-order valence-corrected chi connectivity index (χ1v) is 12.7. The first-order valence-electron chi connectivity index (χ1n) is 12.7. The molecule has 1 fully saturated rings. The monoisotopic (exact) mass is 488 g/mol. The van der Waals surface area contributed by atoms with Crippen LogP contribution in [0.5, 0.6) is 11.5 Å². The Hall–Kier alpha value is -3.74. The summed E-state index contributed by atoms with van der Waals surface area (Å²) in [4.78, 5) is 23.0. The number of aryl methyl sites for hydroxylation is 1. The van der Waals surface area contributed by atoms with E-state index in [9.17, 15) is 9.59 Å². The zero-order chi connectivity index (χ0) is 24.9. The zero-order valence-corrected chi connectivity index (χ0v) is 20.6. The molecule has 188 valence electrons. The van der Waals surface area contributed by atoms with Crippen molar-refractivity contribution in [3.8, 4) is 11.5 Å². The summed E-state index contributed by atoms with van der Waals surface area (Å²) in [6, 6.07) is 12.1. The minimum Gasteiger partial charge on any atom is -0.494 e. The Morgan fingerprint density at radius 2 is 1.97 bits per heavy atom.